The fourth-order valence-corrected chi connectivity index (χ4v) is 3.54. The number of nitrogens with zero attached hydrogens (tertiary/aromatic N) is 1. The maximum Gasteiger partial charge on any atom is 0.355 e. The molecule has 1 N–H and O–H groups in total. The van der Waals surface area contributed by atoms with Crippen LogP contribution in [-0.2, 0) is 12.8 Å². The molecule has 18 heavy (non-hydrogen) atoms. The molecule has 0 radical (unpaired) electrons. The molecular weight excluding hydrogens is 246 g/mol. The van der Waals surface area contributed by atoms with Gasteiger partial charge in [0.25, 0.3) is 0 Å². The van der Waals surface area contributed by atoms with Gasteiger partial charge in [-0.25, -0.2) is 9.78 Å². The van der Waals surface area contributed by atoms with Crippen LogP contribution in [0.2, 0.25) is 0 Å². The molecule has 0 unspecified atom stereocenters. The molecule has 0 amide bonds. The first kappa shape index (κ1) is 11.4. The molecule has 1 aromatic carbocycles. The average Bonchev–Trinajstić information content (AvgIpc) is 2.91. The summed E-state index contributed by atoms with van der Waals surface area (Å²) in [6.07, 6.45) is 1.95. The van der Waals surface area contributed by atoms with E-state index < -0.39 is 5.97 Å². The van der Waals surface area contributed by atoms with Crippen molar-refractivity contribution in [2.24, 2.45) is 0 Å². The molecule has 0 spiro atoms. The third kappa shape index (κ3) is 1.82. The average molecular weight is 259 g/mol. The number of aryl methyl sites for hydroxylation is 1. The van der Waals surface area contributed by atoms with Crippen molar-refractivity contribution in [3.05, 3.63) is 51.0 Å². The summed E-state index contributed by atoms with van der Waals surface area (Å²) < 4.78 is 0. The molecule has 1 heterocycles. The van der Waals surface area contributed by atoms with E-state index in [4.69, 9.17) is 5.11 Å². The Bertz CT molecular complexity index is 593. The predicted molar refractivity (Wildman–Crippen MR) is 70.4 cm³/mol. The van der Waals surface area contributed by atoms with Gasteiger partial charge in [0.1, 0.15) is 0 Å². The monoisotopic (exact) mass is 259 g/mol. The Hall–Kier alpha value is -1.68. The van der Waals surface area contributed by atoms with Crippen LogP contribution in [0.25, 0.3) is 0 Å². The number of aromatic nitrogens is 1. The van der Waals surface area contributed by atoms with Gasteiger partial charge in [-0.15, -0.1) is 11.3 Å². The highest BCUT2D eigenvalue weighted by molar-refractivity contribution is 7.12. The molecule has 1 aromatic heterocycles. The van der Waals surface area contributed by atoms with E-state index >= 15 is 0 Å². The Morgan fingerprint density at radius 3 is 2.44 bits per heavy atom. The lowest BCUT2D eigenvalue weighted by Crippen LogP contribution is -2.01. The molecule has 3 rings (SSSR count). The van der Waals surface area contributed by atoms with Crippen LogP contribution in [0.3, 0.4) is 0 Å². The van der Waals surface area contributed by atoms with E-state index in [1.807, 2.05) is 6.92 Å². The van der Waals surface area contributed by atoms with Crippen molar-refractivity contribution in [3.63, 3.8) is 0 Å². The molecule has 0 saturated carbocycles. The van der Waals surface area contributed by atoms with Crippen molar-refractivity contribution >= 4 is 17.3 Å². The van der Waals surface area contributed by atoms with Crippen molar-refractivity contribution in [2.45, 2.75) is 25.7 Å². The third-order valence-corrected chi connectivity index (χ3v) is 4.55. The van der Waals surface area contributed by atoms with Crippen LogP contribution >= 0.6 is 11.3 Å². The summed E-state index contributed by atoms with van der Waals surface area (Å²) in [5.41, 5.74) is 2.95. The molecule has 0 atom stereocenters. The smallest absolute Gasteiger partial charge is 0.355 e. The maximum atomic E-state index is 11.0. The number of hydrogen-bond acceptors (Lipinski definition) is 3. The molecule has 0 saturated heterocycles. The zero-order valence-corrected chi connectivity index (χ0v) is 10.8. The van der Waals surface area contributed by atoms with Gasteiger partial charge in [0.05, 0.1) is 5.01 Å². The quantitative estimate of drug-likeness (QED) is 0.901. The van der Waals surface area contributed by atoms with Gasteiger partial charge in [-0.1, -0.05) is 24.3 Å². The zero-order valence-electron chi connectivity index (χ0n) is 10.0. The van der Waals surface area contributed by atoms with Crippen molar-refractivity contribution in [1.29, 1.82) is 0 Å². The maximum absolute atomic E-state index is 11.0. The normalized spacial score (nSPS) is 14.7. The minimum Gasteiger partial charge on any atom is -0.476 e. The van der Waals surface area contributed by atoms with E-state index in [1.54, 1.807) is 0 Å². The van der Waals surface area contributed by atoms with Crippen LogP contribution in [0, 0.1) is 6.92 Å². The van der Waals surface area contributed by atoms with Crippen molar-refractivity contribution in [3.8, 4) is 0 Å². The van der Waals surface area contributed by atoms with Gasteiger partial charge in [0.15, 0.2) is 5.69 Å². The van der Waals surface area contributed by atoms with E-state index in [0.29, 0.717) is 5.92 Å². The van der Waals surface area contributed by atoms with Crippen LogP contribution in [-0.4, -0.2) is 16.1 Å². The number of hydrogen-bond donors (Lipinski definition) is 1. The summed E-state index contributed by atoms with van der Waals surface area (Å²) >= 11 is 1.52. The van der Waals surface area contributed by atoms with E-state index in [9.17, 15) is 4.79 Å². The summed E-state index contributed by atoms with van der Waals surface area (Å²) in [6, 6.07) is 8.40. The summed E-state index contributed by atoms with van der Waals surface area (Å²) in [5, 5.41) is 10.00. The molecular formula is C14H13NO2S. The number of benzene rings is 1. The van der Waals surface area contributed by atoms with E-state index in [2.05, 4.69) is 29.2 Å². The molecule has 1 aliphatic rings. The molecule has 92 valence electrons. The lowest BCUT2D eigenvalue weighted by Gasteiger charge is -2.02. The van der Waals surface area contributed by atoms with Crippen molar-refractivity contribution in [2.75, 3.05) is 0 Å². The molecule has 0 fully saturated rings. The Balaban J connectivity index is 1.91. The van der Waals surface area contributed by atoms with Crippen LogP contribution in [0.15, 0.2) is 24.3 Å². The van der Waals surface area contributed by atoms with Crippen LogP contribution in [0.5, 0.6) is 0 Å². The number of thiazole rings is 1. The van der Waals surface area contributed by atoms with Crippen LogP contribution < -0.4 is 0 Å². The predicted octanol–water partition coefficient (Wildman–Crippen LogP) is 3.03. The second kappa shape index (κ2) is 4.21. The van der Waals surface area contributed by atoms with Gasteiger partial charge >= 0.3 is 5.97 Å². The largest absolute Gasteiger partial charge is 0.476 e. The lowest BCUT2D eigenvalue weighted by atomic mass is 10.1. The molecule has 0 bridgehead atoms. The van der Waals surface area contributed by atoms with Crippen LogP contribution in [0.4, 0.5) is 0 Å². The summed E-state index contributed by atoms with van der Waals surface area (Å²) in [4.78, 5) is 16.1. The van der Waals surface area contributed by atoms with E-state index in [-0.39, 0.29) is 5.69 Å². The summed E-state index contributed by atoms with van der Waals surface area (Å²) in [6.45, 7) is 1.83. The van der Waals surface area contributed by atoms with Gasteiger partial charge in [-0.05, 0) is 30.9 Å². The Morgan fingerprint density at radius 1 is 1.33 bits per heavy atom. The number of aromatic carboxylic acids is 1. The van der Waals surface area contributed by atoms with Gasteiger partial charge in [0.2, 0.25) is 0 Å². The lowest BCUT2D eigenvalue weighted by molar-refractivity contribution is 0.0690. The second-order valence-corrected chi connectivity index (χ2v) is 5.87. The highest BCUT2D eigenvalue weighted by Crippen LogP contribution is 2.36. The van der Waals surface area contributed by atoms with Crippen LogP contribution in [0.1, 0.15) is 37.4 Å². The number of rotatable bonds is 2. The second-order valence-electron chi connectivity index (χ2n) is 4.64. The Kier molecular flexibility index (Phi) is 2.67. The molecule has 3 nitrogen and oxygen atoms in total. The first-order valence-electron chi connectivity index (χ1n) is 5.92. The van der Waals surface area contributed by atoms with Gasteiger partial charge in [0, 0.05) is 10.8 Å². The number of carboxylic acids is 1. The minimum absolute atomic E-state index is 0.214. The molecule has 2 aromatic rings. The van der Waals surface area contributed by atoms with Gasteiger partial charge in [-0.2, -0.15) is 0 Å². The first-order chi connectivity index (χ1) is 8.65. The SMILES string of the molecule is Cc1sc(C2Cc3ccccc3C2)nc1C(=O)O. The topological polar surface area (TPSA) is 50.2 Å². The molecule has 4 heteroatoms. The highest BCUT2D eigenvalue weighted by atomic mass is 32.1. The summed E-state index contributed by atoms with van der Waals surface area (Å²) in [5.74, 6) is -0.579. The van der Waals surface area contributed by atoms with Crippen molar-refractivity contribution in [1.82, 2.24) is 4.98 Å². The Morgan fingerprint density at radius 2 is 1.94 bits per heavy atom. The highest BCUT2D eigenvalue weighted by Gasteiger charge is 2.26. The fraction of sp³-hybridized carbons (Fsp3) is 0.286. The fourth-order valence-electron chi connectivity index (χ4n) is 2.52. The molecule has 0 aliphatic heterocycles. The number of carbonyl (C=O) groups is 1. The van der Waals surface area contributed by atoms with Gasteiger partial charge in [-0.3, -0.25) is 0 Å². The van der Waals surface area contributed by atoms with E-state index in [1.165, 1.54) is 22.5 Å². The third-order valence-electron chi connectivity index (χ3n) is 3.42. The Labute approximate surface area is 109 Å². The summed E-state index contributed by atoms with van der Waals surface area (Å²) in [7, 11) is 0. The van der Waals surface area contributed by atoms with Gasteiger partial charge < -0.3 is 5.11 Å². The first-order valence-corrected chi connectivity index (χ1v) is 6.74. The minimum atomic E-state index is -0.925. The standard InChI is InChI=1S/C14H13NO2S/c1-8-12(14(16)17)15-13(18-8)11-6-9-4-2-3-5-10(9)7-11/h2-5,11H,6-7H2,1H3,(H,16,17). The number of carboxylic acid groups (broad SMARTS) is 1. The van der Waals surface area contributed by atoms with Crippen molar-refractivity contribution < 1.29 is 9.90 Å². The number of fused-ring (bicyclic) bond motifs is 1. The molecule has 1 aliphatic carbocycles. The van der Waals surface area contributed by atoms with E-state index in [0.717, 1.165) is 22.7 Å². The zero-order chi connectivity index (χ0) is 12.7.